The quantitative estimate of drug-likeness (QED) is 0.189. The van der Waals surface area contributed by atoms with E-state index in [4.69, 9.17) is 38.5 Å². The first-order valence-electron chi connectivity index (χ1n) is 9.96. The van der Waals surface area contributed by atoms with Crippen molar-refractivity contribution >= 4 is 37.5 Å². The minimum Gasteiger partial charge on any atom is -0.432 e. The van der Waals surface area contributed by atoms with Gasteiger partial charge in [-0.1, -0.05) is 0 Å². The van der Waals surface area contributed by atoms with Crippen LogP contribution in [-0.2, 0) is 39.3 Å². The maximum Gasteiger partial charge on any atom is 0.510 e. The van der Waals surface area contributed by atoms with E-state index < -0.39 is 34.3 Å². The number of nitrogen functional groups attached to an aromatic ring is 1. The lowest BCUT2D eigenvalue weighted by Crippen LogP contribution is -2.16. The van der Waals surface area contributed by atoms with E-state index in [1.54, 1.807) is 38.6 Å². The molecule has 2 rings (SSSR count). The molecule has 0 aliphatic carbocycles. The highest BCUT2D eigenvalue weighted by Crippen LogP contribution is 2.38. The van der Waals surface area contributed by atoms with Crippen molar-refractivity contribution in [3.63, 3.8) is 0 Å². The number of hydrogen-bond acceptors (Lipinski definition) is 13. The Labute approximate surface area is 191 Å². The van der Waals surface area contributed by atoms with Crippen LogP contribution >= 0.6 is 8.38 Å². The Balaban J connectivity index is 1.80. The molecule has 0 aliphatic rings. The van der Waals surface area contributed by atoms with E-state index >= 15 is 0 Å². The van der Waals surface area contributed by atoms with Crippen LogP contribution in [0.2, 0.25) is 0 Å². The summed E-state index contributed by atoms with van der Waals surface area (Å²) in [5.74, 6) is 0.337. The summed E-state index contributed by atoms with van der Waals surface area (Å²) in [6.45, 7) is 6.47. The highest BCUT2D eigenvalue weighted by Gasteiger charge is 2.16. The van der Waals surface area contributed by atoms with Crippen molar-refractivity contribution in [3.05, 3.63) is 12.5 Å². The normalized spacial score (nSPS) is 11.4. The topological polar surface area (TPSA) is 168 Å². The van der Waals surface area contributed by atoms with Crippen LogP contribution in [0.25, 0.3) is 11.0 Å². The lowest BCUT2D eigenvalue weighted by molar-refractivity contribution is -0.0267. The van der Waals surface area contributed by atoms with Crippen LogP contribution in [0.5, 0.6) is 0 Å². The van der Waals surface area contributed by atoms with Gasteiger partial charge in [0.05, 0.1) is 36.9 Å². The van der Waals surface area contributed by atoms with Gasteiger partial charge in [-0.2, -0.15) is 5.10 Å². The molecule has 0 radical (unpaired) electrons. The third kappa shape index (κ3) is 9.70. The summed E-state index contributed by atoms with van der Waals surface area (Å²) in [6.07, 6.45) is 0.485. The van der Waals surface area contributed by atoms with Gasteiger partial charge >= 0.3 is 12.3 Å². The summed E-state index contributed by atoms with van der Waals surface area (Å²) in [7, 11) is -1.73. The van der Waals surface area contributed by atoms with Crippen LogP contribution < -0.4 is 5.73 Å². The molecule has 0 aromatic carbocycles. The summed E-state index contributed by atoms with van der Waals surface area (Å²) < 4.78 is 37.3. The Morgan fingerprint density at radius 2 is 1.64 bits per heavy atom. The fourth-order valence-corrected chi connectivity index (χ4v) is 3.04. The number of carbonyl (C=O) groups is 2. The van der Waals surface area contributed by atoms with E-state index in [1.807, 2.05) is 0 Å². The molecule has 0 atom stereocenters. The third-order valence-electron chi connectivity index (χ3n) is 3.52. The molecule has 0 saturated carbocycles. The van der Waals surface area contributed by atoms with Crippen molar-refractivity contribution in [1.82, 2.24) is 19.7 Å². The standard InChI is InChI=1S/C18H28N5O9P/c1-12(2)31-17(24)27-9-29-33(30-10-28-18(25)32-13(3)4)11-26-6-5-23-16-14(7-22-23)15(19)20-8-21-16/h7-8,12-13H,5-6,9-11H2,1-4H3,(H2,19,20,21). The monoisotopic (exact) mass is 489 g/mol. The van der Waals surface area contributed by atoms with Crippen molar-refractivity contribution < 1.29 is 42.3 Å². The number of fused-ring (bicyclic) bond motifs is 1. The Morgan fingerprint density at radius 3 is 2.21 bits per heavy atom. The number of ether oxygens (including phenoxy) is 5. The van der Waals surface area contributed by atoms with Gasteiger partial charge in [0.2, 0.25) is 22.0 Å². The fraction of sp³-hybridized carbons (Fsp3) is 0.611. The van der Waals surface area contributed by atoms with Crippen LogP contribution in [-0.4, -0.2) is 70.8 Å². The number of carbonyl (C=O) groups excluding carboxylic acids is 2. The van der Waals surface area contributed by atoms with Crippen LogP contribution in [0.3, 0.4) is 0 Å². The first-order chi connectivity index (χ1) is 15.8. The first kappa shape index (κ1) is 26.5. The second-order valence-corrected chi connectivity index (χ2v) is 8.29. The van der Waals surface area contributed by atoms with Gasteiger partial charge in [0.1, 0.15) is 18.5 Å². The van der Waals surface area contributed by atoms with Crippen LogP contribution in [0.15, 0.2) is 12.5 Å². The molecular weight excluding hydrogens is 461 g/mol. The summed E-state index contributed by atoms with van der Waals surface area (Å²) >= 11 is 0. The van der Waals surface area contributed by atoms with E-state index in [0.29, 0.717) is 23.4 Å². The molecule has 184 valence electrons. The van der Waals surface area contributed by atoms with Crippen molar-refractivity contribution in [1.29, 1.82) is 0 Å². The van der Waals surface area contributed by atoms with Crippen LogP contribution in [0.4, 0.5) is 15.4 Å². The molecule has 33 heavy (non-hydrogen) atoms. The zero-order valence-corrected chi connectivity index (χ0v) is 19.7. The third-order valence-corrected chi connectivity index (χ3v) is 4.70. The number of rotatable bonds is 13. The Kier molecular flexibility index (Phi) is 11.0. The van der Waals surface area contributed by atoms with E-state index in [1.165, 1.54) is 6.33 Å². The fourth-order valence-electron chi connectivity index (χ4n) is 2.20. The molecule has 0 amide bonds. The van der Waals surface area contributed by atoms with Gasteiger partial charge in [-0.25, -0.2) is 24.2 Å². The van der Waals surface area contributed by atoms with Crippen molar-refractivity contribution in [2.24, 2.45) is 0 Å². The lowest BCUT2D eigenvalue weighted by Gasteiger charge is -2.18. The predicted octanol–water partition coefficient (Wildman–Crippen LogP) is 2.77. The smallest absolute Gasteiger partial charge is 0.432 e. The van der Waals surface area contributed by atoms with Crippen molar-refractivity contribution in [2.45, 2.75) is 46.4 Å². The molecule has 2 N–H and O–H groups in total. The van der Waals surface area contributed by atoms with E-state index in [9.17, 15) is 9.59 Å². The Bertz CT molecular complexity index is 867. The molecule has 0 aliphatic heterocycles. The second kappa shape index (κ2) is 13.7. The number of hydrogen-bond donors (Lipinski definition) is 1. The Hall–Kier alpha value is -2.80. The highest BCUT2D eigenvalue weighted by atomic mass is 31.2. The molecule has 0 saturated heterocycles. The van der Waals surface area contributed by atoms with E-state index in [-0.39, 0.29) is 25.2 Å². The molecule has 14 nitrogen and oxygen atoms in total. The second-order valence-electron chi connectivity index (χ2n) is 6.85. The maximum absolute atomic E-state index is 11.5. The molecule has 2 aromatic heterocycles. The summed E-state index contributed by atoms with van der Waals surface area (Å²) in [5.41, 5.74) is 6.38. The predicted molar refractivity (Wildman–Crippen MR) is 115 cm³/mol. The van der Waals surface area contributed by atoms with Gasteiger partial charge in [0.25, 0.3) is 0 Å². The molecule has 15 heteroatoms. The van der Waals surface area contributed by atoms with Crippen molar-refractivity contribution in [2.75, 3.05) is 32.3 Å². The number of nitrogens with two attached hydrogens (primary N) is 1. The SMILES string of the molecule is CC(C)OC(=O)OCOP(COCCn1ncc2c(N)ncnc21)OCOC(=O)OC(C)C. The van der Waals surface area contributed by atoms with Gasteiger partial charge in [-0.05, 0) is 27.7 Å². The average Bonchev–Trinajstić information content (AvgIpc) is 3.14. The molecule has 0 unspecified atom stereocenters. The summed E-state index contributed by atoms with van der Waals surface area (Å²) in [6, 6.07) is 0. The highest BCUT2D eigenvalue weighted by molar-refractivity contribution is 7.47. The van der Waals surface area contributed by atoms with Gasteiger partial charge in [-0.15, -0.1) is 0 Å². The largest absolute Gasteiger partial charge is 0.510 e. The van der Waals surface area contributed by atoms with E-state index in [0.717, 1.165) is 0 Å². The molecule has 0 fully saturated rings. The van der Waals surface area contributed by atoms with Crippen LogP contribution in [0.1, 0.15) is 27.7 Å². The zero-order chi connectivity index (χ0) is 24.2. The minimum absolute atomic E-state index is 0.00314. The summed E-state index contributed by atoms with van der Waals surface area (Å²) in [4.78, 5) is 31.0. The molecular formula is C18H28N5O9P. The minimum atomic E-state index is -1.73. The van der Waals surface area contributed by atoms with Gasteiger partial charge in [-0.3, -0.25) is 9.05 Å². The van der Waals surface area contributed by atoms with Crippen molar-refractivity contribution in [3.8, 4) is 0 Å². The first-order valence-corrected chi connectivity index (χ1v) is 11.3. The van der Waals surface area contributed by atoms with Gasteiger partial charge in [0, 0.05) is 0 Å². The Morgan fingerprint density at radius 1 is 1.03 bits per heavy atom. The molecule has 0 bridgehead atoms. The zero-order valence-electron chi connectivity index (χ0n) is 18.8. The summed E-state index contributed by atoms with van der Waals surface area (Å²) in [5, 5.41) is 4.85. The van der Waals surface area contributed by atoms with E-state index in [2.05, 4.69) is 15.1 Å². The molecule has 0 spiro atoms. The lowest BCUT2D eigenvalue weighted by atomic mass is 10.4. The number of aromatic nitrogens is 4. The number of nitrogens with zero attached hydrogens (tertiary/aromatic N) is 4. The van der Waals surface area contributed by atoms with Gasteiger partial charge in [0.15, 0.2) is 5.65 Å². The molecule has 2 aromatic rings. The maximum atomic E-state index is 11.5. The van der Waals surface area contributed by atoms with Gasteiger partial charge < -0.3 is 29.4 Å². The number of anilines is 1. The molecule has 2 heterocycles. The average molecular weight is 489 g/mol. The van der Waals surface area contributed by atoms with Crippen LogP contribution in [0, 0.1) is 0 Å².